The molecule has 1 atom stereocenters. The molecule has 2 aromatic heterocycles. The Bertz CT molecular complexity index is 1470. The number of aromatic nitrogens is 3. The molecule has 2 amide bonds. The molecule has 4 aromatic rings. The van der Waals surface area contributed by atoms with Crippen LogP contribution in [0.5, 0.6) is 17.2 Å². The van der Waals surface area contributed by atoms with Crippen molar-refractivity contribution in [3.63, 3.8) is 0 Å². The Labute approximate surface area is 224 Å². The molecule has 0 bridgehead atoms. The molecule has 4 N–H and O–H groups in total. The number of aliphatic hydroxyl groups excluding tert-OH is 1. The van der Waals surface area contributed by atoms with Crippen LogP contribution >= 0.6 is 0 Å². The number of anilines is 1. The largest absolute Gasteiger partial charge is 0.457 e. The van der Waals surface area contributed by atoms with Crippen LogP contribution in [0.3, 0.4) is 0 Å². The van der Waals surface area contributed by atoms with Crippen LogP contribution in [0.1, 0.15) is 22.3 Å². The standard InChI is InChI=1S/C28H28N6O5/c1-33-15-20(14-31-33)19-12-25(26(29)30-13-19)27(36)32-21-10-11-34(16-21)28(37)39-24-8-6-23(7-9-24)38-22-4-2-18(17-35)3-5-22/h2-9,12-15,21,35H,10-11,16-17H2,1H3,(H2,29,30)(H,32,36)/t21-/m1/s1. The first-order chi connectivity index (χ1) is 18.9. The third-order valence-corrected chi connectivity index (χ3v) is 6.35. The summed E-state index contributed by atoms with van der Waals surface area (Å²) in [5, 5.41) is 16.2. The Balaban J connectivity index is 1.14. The summed E-state index contributed by atoms with van der Waals surface area (Å²) in [6.07, 6.45) is 5.20. The van der Waals surface area contributed by atoms with Crippen molar-refractivity contribution in [2.24, 2.45) is 7.05 Å². The molecule has 200 valence electrons. The summed E-state index contributed by atoms with van der Waals surface area (Å²) in [5.74, 6) is 1.36. The van der Waals surface area contributed by atoms with Gasteiger partial charge in [0.25, 0.3) is 5.91 Å². The molecule has 0 spiro atoms. The fourth-order valence-electron chi connectivity index (χ4n) is 4.23. The second-order valence-corrected chi connectivity index (χ2v) is 9.21. The van der Waals surface area contributed by atoms with Gasteiger partial charge < -0.3 is 30.5 Å². The quantitative estimate of drug-likeness (QED) is 0.331. The third-order valence-electron chi connectivity index (χ3n) is 6.35. The lowest BCUT2D eigenvalue weighted by Crippen LogP contribution is -2.39. The lowest BCUT2D eigenvalue weighted by molar-refractivity contribution is 0.0937. The predicted molar refractivity (Wildman–Crippen MR) is 143 cm³/mol. The van der Waals surface area contributed by atoms with E-state index in [0.717, 1.165) is 16.7 Å². The fraction of sp³-hybridized carbons (Fsp3) is 0.214. The smallest absolute Gasteiger partial charge is 0.415 e. The van der Waals surface area contributed by atoms with Crippen LogP contribution in [0.15, 0.2) is 73.2 Å². The summed E-state index contributed by atoms with van der Waals surface area (Å²) in [5.41, 5.74) is 8.60. The van der Waals surface area contributed by atoms with Gasteiger partial charge in [-0.1, -0.05) is 12.1 Å². The molecule has 1 saturated heterocycles. The van der Waals surface area contributed by atoms with E-state index in [1.807, 2.05) is 13.2 Å². The van der Waals surface area contributed by atoms with Gasteiger partial charge in [-0.25, -0.2) is 9.78 Å². The first-order valence-corrected chi connectivity index (χ1v) is 12.4. The maximum absolute atomic E-state index is 13.0. The third kappa shape index (κ3) is 6.16. The number of nitrogens with two attached hydrogens (primary N) is 1. The second kappa shape index (κ2) is 11.2. The van der Waals surface area contributed by atoms with E-state index >= 15 is 0 Å². The average Bonchev–Trinajstić information content (AvgIpc) is 3.59. The molecule has 39 heavy (non-hydrogen) atoms. The number of hydrogen-bond donors (Lipinski definition) is 3. The van der Waals surface area contributed by atoms with Crippen LogP contribution in [0.25, 0.3) is 11.1 Å². The number of nitrogens with one attached hydrogen (secondary N) is 1. The number of pyridine rings is 1. The molecule has 0 aliphatic carbocycles. The number of rotatable bonds is 7. The number of benzene rings is 2. The molecule has 0 radical (unpaired) electrons. The van der Waals surface area contributed by atoms with Gasteiger partial charge in [-0.3, -0.25) is 9.48 Å². The monoisotopic (exact) mass is 528 g/mol. The number of aliphatic hydroxyl groups is 1. The van der Waals surface area contributed by atoms with Crippen LogP contribution in [-0.4, -0.2) is 55.9 Å². The molecular formula is C28H28N6O5. The first-order valence-electron chi connectivity index (χ1n) is 12.4. The number of nitrogens with zero attached hydrogens (tertiary/aromatic N) is 4. The van der Waals surface area contributed by atoms with Gasteiger partial charge in [0.05, 0.1) is 18.4 Å². The molecule has 1 aliphatic heterocycles. The number of carbonyl (C=O) groups excluding carboxylic acids is 2. The van der Waals surface area contributed by atoms with Crippen molar-refractivity contribution < 1.29 is 24.2 Å². The zero-order chi connectivity index (χ0) is 27.4. The van der Waals surface area contributed by atoms with Crippen molar-refractivity contribution in [3.05, 3.63) is 84.3 Å². The van der Waals surface area contributed by atoms with E-state index in [1.54, 1.807) is 76.6 Å². The summed E-state index contributed by atoms with van der Waals surface area (Å²) in [4.78, 5) is 31.4. The van der Waals surface area contributed by atoms with Crippen molar-refractivity contribution in [1.82, 2.24) is 25.0 Å². The fourth-order valence-corrected chi connectivity index (χ4v) is 4.23. The van der Waals surface area contributed by atoms with Crippen LogP contribution in [0, 0.1) is 0 Å². The Hall–Kier alpha value is -4.90. The summed E-state index contributed by atoms with van der Waals surface area (Å²) < 4.78 is 13.0. The number of aryl methyl sites for hydroxylation is 1. The Morgan fingerprint density at radius 3 is 2.41 bits per heavy atom. The van der Waals surface area contributed by atoms with E-state index in [1.165, 1.54) is 0 Å². The highest BCUT2D eigenvalue weighted by Crippen LogP contribution is 2.25. The van der Waals surface area contributed by atoms with Crippen LogP contribution in [-0.2, 0) is 13.7 Å². The van der Waals surface area contributed by atoms with Gasteiger partial charge in [0, 0.05) is 49.7 Å². The van der Waals surface area contributed by atoms with Gasteiger partial charge in [0.1, 0.15) is 23.1 Å². The molecule has 5 rings (SSSR count). The van der Waals surface area contributed by atoms with E-state index < -0.39 is 6.09 Å². The first kappa shape index (κ1) is 25.7. The van der Waals surface area contributed by atoms with Gasteiger partial charge in [-0.2, -0.15) is 5.10 Å². The van der Waals surface area contributed by atoms with Gasteiger partial charge in [-0.15, -0.1) is 0 Å². The molecule has 1 aliphatic rings. The Morgan fingerprint density at radius 2 is 1.74 bits per heavy atom. The number of likely N-dealkylation sites (tertiary alicyclic amines) is 1. The number of amides is 2. The van der Waals surface area contributed by atoms with Crippen molar-refractivity contribution >= 4 is 17.8 Å². The lowest BCUT2D eigenvalue weighted by Gasteiger charge is -2.17. The minimum Gasteiger partial charge on any atom is -0.457 e. The van der Waals surface area contributed by atoms with Gasteiger partial charge in [0.15, 0.2) is 0 Å². The zero-order valence-corrected chi connectivity index (χ0v) is 21.3. The predicted octanol–water partition coefficient (Wildman–Crippen LogP) is 3.35. The maximum Gasteiger partial charge on any atom is 0.415 e. The summed E-state index contributed by atoms with van der Waals surface area (Å²) in [7, 11) is 1.81. The molecule has 1 fully saturated rings. The summed E-state index contributed by atoms with van der Waals surface area (Å²) >= 11 is 0. The number of nitrogen functional groups attached to an aromatic ring is 1. The highest BCUT2D eigenvalue weighted by atomic mass is 16.6. The minimum atomic E-state index is -0.500. The summed E-state index contributed by atoms with van der Waals surface area (Å²) in [6.45, 7) is 0.723. The molecule has 11 heteroatoms. The highest BCUT2D eigenvalue weighted by Gasteiger charge is 2.29. The van der Waals surface area contributed by atoms with Crippen molar-refractivity contribution in [1.29, 1.82) is 0 Å². The van der Waals surface area contributed by atoms with E-state index in [0.29, 0.717) is 36.8 Å². The molecule has 2 aromatic carbocycles. The molecular weight excluding hydrogens is 500 g/mol. The second-order valence-electron chi connectivity index (χ2n) is 9.21. The summed E-state index contributed by atoms with van der Waals surface area (Å²) in [6, 6.07) is 15.2. The van der Waals surface area contributed by atoms with E-state index in [4.69, 9.17) is 20.3 Å². The van der Waals surface area contributed by atoms with Crippen molar-refractivity contribution in [2.75, 3.05) is 18.8 Å². The number of ether oxygens (including phenoxy) is 2. The zero-order valence-electron chi connectivity index (χ0n) is 21.3. The Kier molecular flexibility index (Phi) is 7.41. The average molecular weight is 529 g/mol. The SMILES string of the molecule is Cn1cc(-c2cnc(N)c(C(=O)N[C@@H]3CCN(C(=O)Oc4ccc(Oc5ccc(CO)cc5)cc4)C3)c2)cn1. The van der Waals surface area contributed by atoms with E-state index in [9.17, 15) is 9.59 Å². The Morgan fingerprint density at radius 1 is 1.05 bits per heavy atom. The van der Waals surface area contributed by atoms with Crippen LogP contribution in [0.4, 0.5) is 10.6 Å². The number of carbonyl (C=O) groups is 2. The minimum absolute atomic E-state index is 0.0304. The molecule has 11 nitrogen and oxygen atoms in total. The normalized spacial score (nSPS) is 14.7. The molecule has 0 unspecified atom stereocenters. The van der Waals surface area contributed by atoms with E-state index in [2.05, 4.69) is 15.4 Å². The number of hydrogen-bond acceptors (Lipinski definition) is 8. The van der Waals surface area contributed by atoms with Gasteiger partial charge in [0.2, 0.25) is 0 Å². The van der Waals surface area contributed by atoms with Crippen molar-refractivity contribution in [2.45, 2.75) is 19.1 Å². The van der Waals surface area contributed by atoms with Gasteiger partial charge >= 0.3 is 6.09 Å². The molecule has 3 heterocycles. The van der Waals surface area contributed by atoms with Gasteiger partial charge in [-0.05, 0) is 54.4 Å². The topological polar surface area (TPSA) is 145 Å². The highest BCUT2D eigenvalue weighted by molar-refractivity contribution is 5.99. The van der Waals surface area contributed by atoms with E-state index in [-0.39, 0.29) is 29.9 Å². The van der Waals surface area contributed by atoms with Crippen LogP contribution in [0.2, 0.25) is 0 Å². The van der Waals surface area contributed by atoms with Crippen molar-refractivity contribution in [3.8, 4) is 28.4 Å². The maximum atomic E-state index is 13.0. The molecule has 0 saturated carbocycles. The van der Waals surface area contributed by atoms with Crippen LogP contribution < -0.4 is 20.5 Å². The lowest BCUT2D eigenvalue weighted by atomic mass is 10.1.